The molecule has 0 aliphatic carbocycles. The molecule has 1 rings (SSSR count). The van der Waals surface area contributed by atoms with Gasteiger partial charge in [0.1, 0.15) is 0 Å². The van der Waals surface area contributed by atoms with E-state index < -0.39 is 0 Å². The summed E-state index contributed by atoms with van der Waals surface area (Å²) in [5.74, 6) is 0.494. The van der Waals surface area contributed by atoms with Crippen molar-refractivity contribution in [2.75, 3.05) is 19.5 Å². The van der Waals surface area contributed by atoms with E-state index in [0.29, 0.717) is 12.4 Å². The lowest BCUT2D eigenvalue weighted by Gasteiger charge is -2.17. The molecule has 4 heteroatoms. The molecule has 0 bridgehead atoms. The van der Waals surface area contributed by atoms with Crippen LogP contribution in [0.1, 0.15) is 15.9 Å². The van der Waals surface area contributed by atoms with Crippen LogP contribution in [0.3, 0.4) is 0 Å². The maximum absolute atomic E-state index is 12.0. The van der Waals surface area contributed by atoms with Gasteiger partial charge in [0.15, 0.2) is 0 Å². The zero-order valence-corrected chi connectivity index (χ0v) is 11.7. The van der Waals surface area contributed by atoms with Crippen LogP contribution in [0.15, 0.2) is 18.2 Å². The van der Waals surface area contributed by atoms with Crippen molar-refractivity contribution in [3.8, 4) is 0 Å². The largest absolute Gasteiger partial charge is 0.340 e. The van der Waals surface area contributed by atoms with Gasteiger partial charge < -0.3 is 4.90 Å². The standard InChI is InChI=1S/C11H13ClINO/c1-8-4-3-5-9(10(8)13)11(15)14(2)7-6-12/h3-5H,6-7H2,1-2H3. The number of halogens is 2. The lowest BCUT2D eigenvalue weighted by atomic mass is 10.1. The van der Waals surface area contributed by atoms with E-state index in [9.17, 15) is 4.79 Å². The van der Waals surface area contributed by atoms with Gasteiger partial charge in [-0.25, -0.2) is 0 Å². The summed E-state index contributed by atoms with van der Waals surface area (Å²) < 4.78 is 1.02. The third-order valence-electron chi connectivity index (χ3n) is 2.19. The normalized spacial score (nSPS) is 10.1. The molecule has 15 heavy (non-hydrogen) atoms. The Bertz CT molecular complexity index is 368. The predicted molar refractivity (Wildman–Crippen MR) is 71.6 cm³/mol. The average Bonchev–Trinajstić information content (AvgIpc) is 2.21. The molecule has 0 unspecified atom stereocenters. The summed E-state index contributed by atoms with van der Waals surface area (Å²) in [6.45, 7) is 2.57. The van der Waals surface area contributed by atoms with Crippen LogP contribution in [0, 0.1) is 10.5 Å². The van der Waals surface area contributed by atoms with E-state index in [4.69, 9.17) is 11.6 Å². The highest BCUT2D eigenvalue weighted by molar-refractivity contribution is 14.1. The van der Waals surface area contributed by atoms with Crippen molar-refractivity contribution in [3.05, 3.63) is 32.9 Å². The molecule has 82 valence electrons. The Balaban J connectivity index is 2.96. The van der Waals surface area contributed by atoms with Gasteiger partial charge in [0.25, 0.3) is 5.91 Å². The molecule has 0 radical (unpaired) electrons. The van der Waals surface area contributed by atoms with Gasteiger partial charge in [-0.05, 0) is 41.1 Å². The second kappa shape index (κ2) is 5.70. The number of nitrogens with zero attached hydrogens (tertiary/aromatic N) is 1. The highest BCUT2D eigenvalue weighted by Gasteiger charge is 2.14. The first-order chi connectivity index (χ1) is 7.07. The second-order valence-electron chi connectivity index (χ2n) is 3.35. The molecular weight excluding hydrogens is 324 g/mol. The van der Waals surface area contributed by atoms with E-state index in [1.165, 1.54) is 0 Å². The molecule has 0 N–H and O–H groups in total. The molecule has 0 aromatic heterocycles. The molecule has 1 aromatic rings. The fraction of sp³-hybridized carbons (Fsp3) is 0.364. The summed E-state index contributed by atoms with van der Waals surface area (Å²) in [7, 11) is 1.77. The molecule has 0 saturated heterocycles. The maximum atomic E-state index is 12.0. The highest BCUT2D eigenvalue weighted by Crippen LogP contribution is 2.17. The summed E-state index contributed by atoms with van der Waals surface area (Å²) in [5.41, 5.74) is 1.88. The first-order valence-electron chi connectivity index (χ1n) is 4.64. The highest BCUT2D eigenvalue weighted by atomic mass is 127. The van der Waals surface area contributed by atoms with Gasteiger partial charge in [0.2, 0.25) is 0 Å². The zero-order chi connectivity index (χ0) is 11.4. The number of aryl methyl sites for hydroxylation is 1. The Hall–Kier alpha value is -0.290. The summed E-state index contributed by atoms with van der Waals surface area (Å²) in [4.78, 5) is 13.6. The summed E-state index contributed by atoms with van der Waals surface area (Å²) in [6.07, 6.45) is 0. The van der Waals surface area contributed by atoms with Crippen LogP contribution in [0.4, 0.5) is 0 Å². The number of hydrogen-bond donors (Lipinski definition) is 0. The molecule has 2 nitrogen and oxygen atoms in total. The number of carbonyl (C=O) groups excluding carboxylic acids is 1. The van der Waals surface area contributed by atoms with Crippen molar-refractivity contribution in [2.45, 2.75) is 6.92 Å². The molecule has 0 saturated carbocycles. The Morgan fingerprint density at radius 2 is 2.20 bits per heavy atom. The number of carbonyl (C=O) groups is 1. The smallest absolute Gasteiger partial charge is 0.254 e. The van der Waals surface area contributed by atoms with Gasteiger partial charge in [-0.2, -0.15) is 0 Å². The first kappa shape index (κ1) is 12.8. The molecule has 0 heterocycles. The summed E-state index contributed by atoms with van der Waals surface area (Å²) in [5, 5.41) is 0. The quantitative estimate of drug-likeness (QED) is 0.613. The maximum Gasteiger partial charge on any atom is 0.254 e. The predicted octanol–water partition coefficient (Wildman–Crippen LogP) is 2.91. The van der Waals surface area contributed by atoms with Gasteiger partial charge in [-0.1, -0.05) is 12.1 Å². The first-order valence-corrected chi connectivity index (χ1v) is 6.25. The van der Waals surface area contributed by atoms with E-state index in [1.807, 2.05) is 25.1 Å². The summed E-state index contributed by atoms with van der Waals surface area (Å²) in [6, 6.07) is 5.75. The zero-order valence-electron chi connectivity index (χ0n) is 8.76. The van der Waals surface area contributed by atoms with Gasteiger partial charge in [-0.3, -0.25) is 4.79 Å². The van der Waals surface area contributed by atoms with Crippen molar-refractivity contribution in [2.24, 2.45) is 0 Å². The summed E-state index contributed by atoms with van der Waals surface area (Å²) >= 11 is 7.80. The minimum Gasteiger partial charge on any atom is -0.340 e. The van der Waals surface area contributed by atoms with Crippen molar-refractivity contribution >= 4 is 40.1 Å². The third kappa shape index (κ3) is 3.08. The number of benzene rings is 1. The average molecular weight is 338 g/mol. The number of alkyl halides is 1. The molecule has 0 fully saturated rings. The van der Waals surface area contributed by atoms with Crippen LogP contribution < -0.4 is 0 Å². The van der Waals surface area contributed by atoms with Crippen molar-refractivity contribution in [1.82, 2.24) is 4.90 Å². The van der Waals surface area contributed by atoms with Crippen LogP contribution in [0.5, 0.6) is 0 Å². The van der Waals surface area contributed by atoms with Crippen LogP contribution in [0.2, 0.25) is 0 Å². The molecule has 0 aliphatic rings. The van der Waals surface area contributed by atoms with E-state index in [2.05, 4.69) is 22.6 Å². The Morgan fingerprint density at radius 3 is 2.80 bits per heavy atom. The molecule has 1 aromatic carbocycles. The monoisotopic (exact) mass is 337 g/mol. The minimum absolute atomic E-state index is 0.0313. The van der Waals surface area contributed by atoms with Gasteiger partial charge in [0, 0.05) is 23.0 Å². The molecule has 0 aliphatic heterocycles. The Labute approximate surface area is 109 Å². The molecular formula is C11H13ClINO. The van der Waals surface area contributed by atoms with Gasteiger partial charge in [0.05, 0.1) is 5.56 Å². The van der Waals surface area contributed by atoms with Gasteiger partial charge in [-0.15, -0.1) is 11.6 Å². The topological polar surface area (TPSA) is 20.3 Å². The van der Waals surface area contributed by atoms with Crippen molar-refractivity contribution < 1.29 is 4.79 Å². The fourth-order valence-electron chi connectivity index (χ4n) is 1.25. The van der Waals surface area contributed by atoms with Crippen LogP contribution in [0.25, 0.3) is 0 Å². The number of rotatable bonds is 3. The lowest BCUT2D eigenvalue weighted by Crippen LogP contribution is -2.29. The van der Waals surface area contributed by atoms with E-state index in [1.54, 1.807) is 11.9 Å². The van der Waals surface area contributed by atoms with Crippen LogP contribution in [-0.4, -0.2) is 30.3 Å². The van der Waals surface area contributed by atoms with E-state index in [-0.39, 0.29) is 5.91 Å². The van der Waals surface area contributed by atoms with Gasteiger partial charge >= 0.3 is 0 Å². The van der Waals surface area contributed by atoms with E-state index >= 15 is 0 Å². The molecule has 0 atom stereocenters. The fourth-order valence-corrected chi connectivity index (χ4v) is 2.09. The minimum atomic E-state index is 0.0313. The van der Waals surface area contributed by atoms with Crippen molar-refractivity contribution in [3.63, 3.8) is 0 Å². The van der Waals surface area contributed by atoms with Crippen LogP contribution in [-0.2, 0) is 0 Å². The SMILES string of the molecule is Cc1cccc(C(=O)N(C)CCCl)c1I. The second-order valence-corrected chi connectivity index (χ2v) is 4.81. The Morgan fingerprint density at radius 1 is 1.53 bits per heavy atom. The molecule has 1 amide bonds. The molecule has 0 spiro atoms. The Kier molecular flexibility index (Phi) is 4.86. The van der Waals surface area contributed by atoms with Crippen LogP contribution >= 0.6 is 34.2 Å². The van der Waals surface area contributed by atoms with Crippen molar-refractivity contribution in [1.29, 1.82) is 0 Å². The number of hydrogen-bond acceptors (Lipinski definition) is 1. The van der Waals surface area contributed by atoms with E-state index in [0.717, 1.165) is 14.7 Å². The number of amides is 1. The lowest BCUT2D eigenvalue weighted by molar-refractivity contribution is 0.0802. The third-order valence-corrected chi connectivity index (χ3v) is 3.79.